The van der Waals surface area contributed by atoms with Gasteiger partial charge in [-0.2, -0.15) is 0 Å². The number of hydrogen-bond acceptors (Lipinski definition) is 4. The zero-order chi connectivity index (χ0) is 20.3. The van der Waals surface area contributed by atoms with Gasteiger partial charge in [-0.3, -0.25) is 14.4 Å². The van der Waals surface area contributed by atoms with Crippen LogP contribution in [0.3, 0.4) is 0 Å². The minimum absolute atomic E-state index is 0.0499. The second-order valence-corrected chi connectivity index (χ2v) is 6.84. The fourth-order valence-corrected chi connectivity index (χ4v) is 3.34. The van der Waals surface area contributed by atoms with Gasteiger partial charge in [0.25, 0.3) is 0 Å². The number of para-hydroxylation sites is 1. The van der Waals surface area contributed by atoms with Gasteiger partial charge in [0, 0.05) is 24.2 Å². The predicted octanol–water partition coefficient (Wildman–Crippen LogP) is 3.56. The third-order valence-electron chi connectivity index (χ3n) is 4.91. The molecule has 1 fully saturated rings. The molecule has 3 rings (SSSR count). The number of carbonyl (C=O) groups is 3. The summed E-state index contributed by atoms with van der Waals surface area (Å²) in [6.07, 6.45) is -0.183. The van der Waals surface area contributed by atoms with Gasteiger partial charge < -0.3 is 9.64 Å². The number of carbonyl (C=O) groups excluding carboxylic acids is 3. The summed E-state index contributed by atoms with van der Waals surface area (Å²) in [5.41, 5.74) is 2.10. The van der Waals surface area contributed by atoms with Gasteiger partial charge in [0.2, 0.25) is 11.7 Å². The normalized spacial score (nSPS) is 17.5. The molecule has 0 radical (unpaired) electrons. The maximum atomic E-state index is 13.0. The van der Waals surface area contributed by atoms with Crippen LogP contribution in [0.2, 0.25) is 0 Å². The van der Waals surface area contributed by atoms with E-state index >= 15 is 0 Å². The molecule has 5 nitrogen and oxygen atoms in total. The molecule has 0 aromatic heterocycles. The van der Waals surface area contributed by atoms with Crippen molar-refractivity contribution in [3.05, 3.63) is 65.5 Å². The van der Waals surface area contributed by atoms with Crippen LogP contribution in [-0.4, -0.2) is 30.3 Å². The molecule has 0 saturated carbocycles. The van der Waals surface area contributed by atoms with Gasteiger partial charge in [0.15, 0.2) is 6.10 Å². The number of aryl methyl sites for hydroxylation is 1. The Morgan fingerprint density at radius 1 is 1.18 bits per heavy atom. The van der Waals surface area contributed by atoms with Crippen LogP contribution >= 0.6 is 0 Å². The molecule has 1 aliphatic rings. The number of amides is 1. The standard InChI is InChI=1S/C22H22FNO4/c1-3-15-6-4-5-7-19(15)24-13-17(12-20(24)25)22(27)28-14(2)21(26)16-8-10-18(23)11-9-16/h4-11,14,17H,3,12-13H2,1-2H3/t14-,17+/m0/s1. The van der Waals surface area contributed by atoms with Crippen LogP contribution in [0.25, 0.3) is 0 Å². The van der Waals surface area contributed by atoms with Gasteiger partial charge in [-0.05, 0) is 49.2 Å². The highest BCUT2D eigenvalue weighted by molar-refractivity contribution is 6.02. The summed E-state index contributed by atoms with van der Waals surface area (Å²) >= 11 is 0. The van der Waals surface area contributed by atoms with Crippen LogP contribution in [0.4, 0.5) is 10.1 Å². The molecule has 2 aromatic carbocycles. The third kappa shape index (κ3) is 4.11. The number of hydrogen-bond donors (Lipinski definition) is 0. The third-order valence-corrected chi connectivity index (χ3v) is 4.91. The topological polar surface area (TPSA) is 63.7 Å². The number of rotatable bonds is 6. The van der Waals surface area contributed by atoms with E-state index in [0.29, 0.717) is 0 Å². The highest BCUT2D eigenvalue weighted by Crippen LogP contribution is 2.29. The zero-order valence-electron chi connectivity index (χ0n) is 15.9. The molecule has 0 N–H and O–H groups in total. The molecule has 2 atom stereocenters. The number of Topliss-reactive ketones (excluding diaryl/α,β-unsaturated/α-hetero) is 1. The van der Waals surface area contributed by atoms with Crippen molar-refractivity contribution in [3.8, 4) is 0 Å². The fourth-order valence-electron chi connectivity index (χ4n) is 3.34. The van der Waals surface area contributed by atoms with Gasteiger partial charge in [-0.25, -0.2) is 4.39 Å². The van der Waals surface area contributed by atoms with E-state index in [0.717, 1.165) is 17.7 Å². The molecular weight excluding hydrogens is 361 g/mol. The van der Waals surface area contributed by atoms with Crippen LogP contribution in [0, 0.1) is 11.7 Å². The number of ether oxygens (including phenoxy) is 1. The van der Waals surface area contributed by atoms with Crippen LogP contribution < -0.4 is 4.90 Å². The van der Waals surface area contributed by atoms with E-state index < -0.39 is 29.6 Å². The van der Waals surface area contributed by atoms with Gasteiger partial charge in [-0.1, -0.05) is 25.1 Å². The molecule has 1 amide bonds. The lowest BCUT2D eigenvalue weighted by atomic mass is 10.1. The van der Waals surface area contributed by atoms with E-state index in [1.807, 2.05) is 31.2 Å². The van der Waals surface area contributed by atoms with Crippen LogP contribution in [0.1, 0.15) is 36.2 Å². The highest BCUT2D eigenvalue weighted by Gasteiger charge is 2.37. The molecule has 2 aromatic rings. The molecule has 0 aliphatic carbocycles. The predicted molar refractivity (Wildman–Crippen MR) is 103 cm³/mol. The molecule has 146 valence electrons. The average Bonchev–Trinajstić information content (AvgIpc) is 3.09. The fraction of sp³-hybridized carbons (Fsp3) is 0.318. The molecule has 1 heterocycles. The van der Waals surface area contributed by atoms with E-state index in [1.165, 1.54) is 31.2 Å². The second kappa shape index (κ2) is 8.33. The summed E-state index contributed by atoms with van der Waals surface area (Å²) in [5, 5.41) is 0. The molecular formula is C22H22FNO4. The van der Waals surface area contributed by atoms with Gasteiger partial charge in [0.1, 0.15) is 5.82 Å². The van der Waals surface area contributed by atoms with E-state index in [9.17, 15) is 18.8 Å². The molecule has 0 spiro atoms. The number of anilines is 1. The lowest BCUT2D eigenvalue weighted by Gasteiger charge is -2.20. The molecule has 28 heavy (non-hydrogen) atoms. The van der Waals surface area contributed by atoms with Gasteiger partial charge in [-0.15, -0.1) is 0 Å². The number of nitrogens with zero attached hydrogens (tertiary/aromatic N) is 1. The highest BCUT2D eigenvalue weighted by atomic mass is 19.1. The van der Waals surface area contributed by atoms with Gasteiger partial charge in [0.05, 0.1) is 5.92 Å². The number of halogens is 1. The van der Waals surface area contributed by atoms with Crippen molar-refractivity contribution >= 4 is 23.3 Å². The van der Waals surface area contributed by atoms with Crippen LogP contribution in [0.5, 0.6) is 0 Å². The Bertz CT molecular complexity index is 894. The zero-order valence-corrected chi connectivity index (χ0v) is 15.9. The molecule has 6 heteroatoms. The molecule has 1 saturated heterocycles. The van der Waals surface area contributed by atoms with Crippen molar-refractivity contribution in [1.82, 2.24) is 0 Å². The van der Waals surface area contributed by atoms with E-state index in [1.54, 1.807) is 4.90 Å². The molecule has 0 unspecified atom stereocenters. The van der Waals surface area contributed by atoms with Crippen molar-refractivity contribution in [1.29, 1.82) is 0 Å². The summed E-state index contributed by atoms with van der Waals surface area (Å²) in [4.78, 5) is 38.9. The summed E-state index contributed by atoms with van der Waals surface area (Å²) in [6.45, 7) is 3.71. The Morgan fingerprint density at radius 3 is 2.54 bits per heavy atom. The Kier molecular flexibility index (Phi) is 5.87. The number of ketones is 1. The van der Waals surface area contributed by atoms with E-state index in [4.69, 9.17) is 4.74 Å². The minimum atomic E-state index is -1.01. The first-order valence-corrected chi connectivity index (χ1v) is 9.29. The van der Waals surface area contributed by atoms with E-state index in [2.05, 4.69) is 0 Å². The van der Waals surface area contributed by atoms with Crippen LogP contribution in [0.15, 0.2) is 48.5 Å². The van der Waals surface area contributed by atoms with Crippen LogP contribution in [-0.2, 0) is 20.7 Å². The SMILES string of the molecule is CCc1ccccc1N1C[C@H](C(=O)O[C@@H](C)C(=O)c2ccc(F)cc2)CC1=O. The summed E-state index contributed by atoms with van der Waals surface area (Å²) in [7, 11) is 0. The lowest BCUT2D eigenvalue weighted by Crippen LogP contribution is -2.30. The maximum absolute atomic E-state index is 13.0. The first-order valence-electron chi connectivity index (χ1n) is 9.29. The summed E-state index contributed by atoms with van der Waals surface area (Å²) < 4.78 is 18.3. The van der Waals surface area contributed by atoms with E-state index in [-0.39, 0.29) is 24.4 Å². The second-order valence-electron chi connectivity index (χ2n) is 6.84. The average molecular weight is 383 g/mol. The van der Waals surface area contributed by atoms with Crippen molar-refractivity contribution in [2.24, 2.45) is 5.92 Å². The Hall–Kier alpha value is -3.02. The Labute approximate surface area is 163 Å². The van der Waals surface area contributed by atoms with Crippen molar-refractivity contribution in [2.75, 3.05) is 11.4 Å². The van der Waals surface area contributed by atoms with Gasteiger partial charge >= 0.3 is 5.97 Å². The maximum Gasteiger partial charge on any atom is 0.312 e. The minimum Gasteiger partial charge on any atom is -0.454 e. The van der Waals surface area contributed by atoms with Crippen molar-refractivity contribution < 1.29 is 23.5 Å². The smallest absolute Gasteiger partial charge is 0.312 e. The lowest BCUT2D eigenvalue weighted by molar-refractivity contribution is -0.151. The molecule has 1 aliphatic heterocycles. The number of esters is 1. The first-order chi connectivity index (χ1) is 13.4. The van der Waals surface area contributed by atoms with Crippen molar-refractivity contribution in [2.45, 2.75) is 32.8 Å². The Morgan fingerprint density at radius 2 is 1.86 bits per heavy atom. The summed E-state index contributed by atoms with van der Waals surface area (Å²) in [6, 6.07) is 12.7. The quantitative estimate of drug-likeness (QED) is 0.565. The Balaban J connectivity index is 1.66. The largest absolute Gasteiger partial charge is 0.454 e. The first kappa shape index (κ1) is 19.7. The summed E-state index contributed by atoms with van der Waals surface area (Å²) in [5.74, 6) is -2.20. The monoisotopic (exact) mass is 383 g/mol. The molecule has 0 bridgehead atoms. The van der Waals surface area contributed by atoms with Crippen molar-refractivity contribution in [3.63, 3.8) is 0 Å². The number of benzene rings is 2.